The maximum absolute atomic E-state index is 11.3. The second-order valence-electron chi connectivity index (χ2n) is 3.90. The van der Waals surface area contributed by atoms with Crippen molar-refractivity contribution >= 4 is 17.9 Å². The van der Waals surface area contributed by atoms with Gasteiger partial charge in [0.2, 0.25) is 5.91 Å². The van der Waals surface area contributed by atoms with Crippen molar-refractivity contribution in [2.75, 3.05) is 0 Å². The summed E-state index contributed by atoms with van der Waals surface area (Å²) in [5.41, 5.74) is 1.23. The predicted molar refractivity (Wildman–Crippen MR) is 65.3 cm³/mol. The van der Waals surface area contributed by atoms with Gasteiger partial charge < -0.3 is 0 Å². The Morgan fingerprint density at radius 3 is 2.60 bits per heavy atom. The smallest absolute Gasteiger partial charge is 0.230 e. The molecule has 1 amide bonds. The number of benzene rings is 1. The first-order valence-electron chi connectivity index (χ1n) is 5.13. The highest BCUT2D eigenvalue weighted by atomic mass is 32.2. The standard InChI is InChI=1S/C12H17NOS/c1-10(2)8-12(14)13-15-9-11-6-4-3-5-7-11/h3-7,10H,8-9H2,1-2H3,(H,13,14). The van der Waals surface area contributed by atoms with Gasteiger partial charge in [-0.05, 0) is 23.4 Å². The number of amides is 1. The minimum absolute atomic E-state index is 0.117. The van der Waals surface area contributed by atoms with Crippen LogP contribution in [0.25, 0.3) is 0 Å². The third-order valence-electron chi connectivity index (χ3n) is 1.86. The van der Waals surface area contributed by atoms with Crippen LogP contribution in [-0.4, -0.2) is 5.91 Å². The maximum Gasteiger partial charge on any atom is 0.230 e. The first kappa shape index (κ1) is 12.1. The van der Waals surface area contributed by atoms with Gasteiger partial charge in [-0.2, -0.15) is 0 Å². The molecule has 0 aliphatic heterocycles. The average Bonchev–Trinajstić information content (AvgIpc) is 2.18. The van der Waals surface area contributed by atoms with E-state index >= 15 is 0 Å². The quantitative estimate of drug-likeness (QED) is 0.777. The molecule has 1 aromatic carbocycles. The van der Waals surface area contributed by atoms with E-state index in [0.717, 1.165) is 5.75 Å². The van der Waals surface area contributed by atoms with Crippen molar-refractivity contribution in [3.05, 3.63) is 35.9 Å². The number of carbonyl (C=O) groups is 1. The Hall–Kier alpha value is -0.960. The Bertz CT molecular complexity index is 298. The van der Waals surface area contributed by atoms with Gasteiger partial charge in [0.15, 0.2) is 0 Å². The highest BCUT2D eigenvalue weighted by Gasteiger charge is 2.03. The van der Waals surface area contributed by atoms with Crippen LogP contribution >= 0.6 is 11.9 Å². The number of hydrogen-bond donors (Lipinski definition) is 1. The van der Waals surface area contributed by atoms with Crippen LogP contribution in [0.1, 0.15) is 25.8 Å². The topological polar surface area (TPSA) is 29.1 Å². The lowest BCUT2D eigenvalue weighted by molar-refractivity contribution is -0.119. The lowest BCUT2D eigenvalue weighted by Crippen LogP contribution is -2.17. The van der Waals surface area contributed by atoms with Gasteiger partial charge in [0.25, 0.3) is 0 Å². The minimum Gasteiger partial charge on any atom is -0.300 e. The zero-order chi connectivity index (χ0) is 11.1. The fraction of sp³-hybridized carbons (Fsp3) is 0.417. The summed E-state index contributed by atoms with van der Waals surface area (Å²) in [7, 11) is 0. The van der Waals surface area contributed by atoms with Crippen LogP contribution in [0.15, 0.2) is 30.3 Å². The molecule has 0 heterocycles. The normalized spacial score (nSPS) is 10.3. The molecule has 0 aliphatic carbocycles. The lowest BCUT2D eigenvalue weighted by atomic mass is 10.1. The van der Waals surface area contributed by atoms with E-state index in [2.05, 4.69) is 16.9 Å². The highest BCUT2D eigenvalue weighted by Crippen LogP contribution is 2.09. The molecule has 3 heteroatoms. The third-order valence-corrected chi connectivity index (χ3v) is 2.71. The third kappa shape index (κ3) is 5.47. The van der Waals surface area contributed by atoms with Gasteiger partial charge in [-0.1, -0.05) is 44.2 Å². The van der Waals surface area contributed by atoms with E-state index in [4.69, 9.17) is 0 Å². The monoisotopic (exact) mass is 223 g/mol. The molecule has 0 fully saturated rings. The van der Waals surface area contributed by atoms with E-state index in [1.165, 1.54) is 17.5 Å². The fourth-order valence-electron chi connectivity index (χ4n) is 1.19. The Balaban J connectivity index is 2.19. The molecule has 0 aliphatic rings. The highest BCUT2D eigenvalue weighted by molar-refractivity contribution is 7.97. The minimum atomic E-state index is 0.117. The SMILES string of the molecule is CC(C)CC(=O)NSCc1ccccc1. The van der Waals surface area contributed by atoms with E-state index in [1.54, 1.807) is 0 Å². The van der Waals surface area contributed by atoms with Crippen LogP contribution in [-0.2, 0) is 10.5 Å². The first-order chi connectivity index (χ1) is 7.18. The number of rotatable bonds is 5. The van der Waals surface area contributed by atoms with E-state index in [-0.39, 0.29) is 5.91 Å². The van der Waals surface area contributed by atoms with Crippen LogP contribution in [0.5, 0.6) is 0 Å². The molecule has 0 radical (unpaired) electrons. The molecular formula is C12H17NOS. The van der Waals surface area contributed by atoms with Gasteiger partial charge >= 0.3 is 0 Å². The van der Waals surface area contributed by atoms with Gasteiger partial charge in [-0.15, -0.1) is 0 Å². The summed E-state index contributed by atoms with van der Waals surface area (Å²) >= 11 is 1.46. The predicted octanol–water partition coefficient (Wildman–Crippen LogP) is 3.00. The molecule has 0 aromatic heterocycles. The Morgan fingerprint density at radius 1 is 1.33 bits per heavy atom. The van der Waals surface area contributed by atoms with Gasteiger partial charge in [0, 0.05) is 12.2 Å². The van der Waals surface area contributed by atoms with Gasteiger partial charge in [0.1, 0.15) is 0 Å². The van der Waals surface area contributed by atoms with Crippen molar-refractivity contribution in [3.8, 4) is 0 Å². The van der Waals surface area contributed by atoms with Crippen LogP contribution in [0, 0.1) is 5.92 Å². The van der Waals surface area contributed by atoms with Crippen molar-refractivity contribution in [1.29, 1.82) is 0 Å². The van der Waals surface area contributed by atoms with Crippen LogP contribution in [0.4, 0.5) is 0 Å². The molecule has 0 bridgehead atoms. The van der Waals surface area contributed by atoms with Gasteiger partial charge in [-0.3, -0.25) is 9.52 Å². The zero-order valence-corrected chi connectivity index (χ0v) is 10.0. The molecule has 0 atom stereocenters. The summed E-state index contributed by atoms with van der Waals surface area (Å²) in [6.07, 6.45) is 0.599. The molecule has 0 saturated carbocycles. The van der Waals surface area contributed by atoms with Crippen molar-refractivity contribution in [2.45, 2.75) is 26.0 Å². The van der Waals surface area contributed by atoms with E-state index in [0.29, 0.717) is 12.3 Å². The molecular weight excluding hydrogens is 206 g/mol. The summed E-state index contributed by atoms with van der Waals surface area (Å²) in [6, 6.07) is 10.1. The molecule has 82 valence electrons. The number of hydrogen-bond acceptors (Lipinski definition) is 2. The van der Waals surface area contributed by atoms with Crippen LogP contribution < -0.4 is 4.72 Å². The Labute approximate surface area is 95.6 Å². The van der Waals surface area contributed by atoms with E-state index < -0.39 is 0 Å². The molecule has 1 N–H and O–H groups in total. The van der Waals surface area contributed by atoms with E-state index in [9.17, 15) is 4.79 Å². The molecule has 0 spiro atoms. The molecule has 2 nitrogen and oxygen atoms in total. The van der Waals surface area contributed by atoms with Gasteiger partial charge in [0.05, 0.1) is 0 Å². The maximum atomic E-state index is 11.3. The fourth-order valence-corrected chi connectivity index (χ4v) is 1.86. The average molecular weight is 223 g/mol. The summed E-state index contributed by atoms with van der Waals surface area (Å²) < 4.78 is 2.84. The Kier molecular flexibility index (Phi) is 5.26. The number of nitrogens with one attached hydrogen (secondary N) is 1. The Morgan fingerprint density at radius 2 is 2.00 bits per heavy atom. The van der Waals surface area contributed by atoms with Crippen LogP contribution in [0.3, 0.4) is 0 Å². The zero-order valence-electron chi connectivity index (χ0n) is 9.19. The van der Waals surface area contributed by atoms with Gasteiger partial charge in [-0.25, -0.2) is 0 Å². The molecule has 0 saturated heterocycles. The van der Waals surface area contributed by atoms with E-state index in [1.807, 2.05) is 32.0 Å². The molecule has 1 rings (SSSR count). The lowest BCUT2D eigenvalue weighted by Gasteiger charge is -2.06. The first-order valence-corrected chi connectivity index (χ1v) is 6.11. The van der Waals surface area contributed by atoms with Crippen molar-refractivity contribution in [1.82, 2.24) is 4.72 Å². The van der Waals surface area contributed by atoms with Crippen LogP contribution in [0.2, 0.25) is 0 Å². The van der Waals surface area contributed by atoms with Crippen molar-refractivity contribution < 1.29 is 4.79 Å². The largest absolute Gasteiger partial charge is 0.300 e. The molecule has 1 aromatic rings. The summed E-state index contributed by atoms with van der Waals surface area (Å²) in [5.74, 6) is 1.36. The number of carbonyl (C=O) groups excluding carboxylic acids is 1. The summed E-state index contributed by atoms with van der Waals surface area (Å²) in [6.45, 7) is 4.09. The molecule has 0 unspecified atom stereocenters. The molecule has 15 heavy (non-hydrogen) atoms. The van der Waals surface area contributed by atoms with Crippen molar-refractivity contribution in [3.63, 3.8) is 0 Å². The summed E-state index contributed by atoms with van der Waals surface area (Å²) in [5, 5.41) is 0. The summed E-state index contributed by atoms with van der Waals surface area (Å²) in [4.78, 5) is 11.3. The second kappa shape index (κ2) is 6.51. The second-order valence-corrected chi connectivity index (χ2v) is 4.68. The van der Waals surface area contributed by atoms with Crippen molar-refractivity contribution in [2.24, 2.45) is 5.92 Å².